The Hall–Kier alpha value is -3.35. The normalized spacial score (nSPS) is 9.96. The van der Waals surface area contributed by atoms with Crippen LogP contribution < -0.4 is 20.3 Å². The Morgan fingerprint density at radius 2 is 1.58 bits per heavy atom. The van der Waals surface area contributed by atoms with E-state index in [1.807, 2.05) is 0 Å². The van der Waals surface area contributed by atoms with Gasteiger partial charge in [-0.3, -0.25) is 14.4 Å². The second-order valence-electron chi connectivity index (χ2n) is 5.61. The molecule has 26 heavy (non-hydrogen) atoms. The highest BCUT2D eigenvalue weighted by molar-refractivity contribution is 6.02. The van der Waals surface area contributed by atoms with Crippen molar-refractivity contribution < 1.29 is 19.1 Å². The van der Waals surface area contributed by atoms with Crippen molar-refractivity contribution in [3.05, 3.63) is 48.5 Å². The number of ether oxygens (including phenoxy) is 1. The van der Waals surface area contributed by atoms with Crippen LogP contribution in [0.25, 0.3) is 0 Å². The molecule has 0 radical (unpaired) electrons. The molecular weight excluding hydrogens is 334 g/mol. The van der Waals surface area contributed by atoms with Crippen LogP contribution in [0, 0.1) is 0 Å². The molecule has 0 aromatic heterocycles. The Bertz CT molecular complexity index is 803. The molecule has 0 atom stereocenters. The number of methoxy groups -OCH3 is 1. The SMILES string of the molecule is COc1ccc(N(CC(=O)Nc2cccc(NC(C)=O)c2)C(C)=O)cc1. The van der Waals surface area contributed by atoms with E-state index in [4.69, 9.17) is 4.74 Å². The molecule has 0 aliphatic carbocycles. The lowest BCUT2D eigenvalue weighted by Crippen LogP contribution is -2.36. The maximum Gasteiger partial charge on any atom is 0.244 e. The first-order chi connectivity index (χ1) is 12.4. The fraction of sp³-hybridized carbons (Fsp3) is 0.211. The third-order valence-electron chi connectivity index (χ3n) is 3.53. The number of benzene rings is 2. The summed E-state index contributed by atoms with van der Waals surface area (Å²) in [5.41, 5.74) is 1.70. The highest BCUT2D eigenvalue weighted by Gasteiger charge is 2.16. The summed E-state index contributed by atoms with van der Waals surface area (Å²) in [6.45, 7) is 2.67. The third-order valence-corrected chi connectivity index (χ3v) is 3.53. The van der Waals surface area contributed by atoms with Gasteiger partial charge in [-0.05, 0) is 42.5 Å². The summed E-state index contributed by atoms with van der Waals surface area (Å²) >= 11 is 0. The number of anilines is 3. The molecule has 0 spiro atoms. The van der Waals surface area contributed by atoms with Crippen LogP contribution >= 0.6 is 0 Å². The molecule has 136 valence electrons. The number of hydrogen-bond acceptors (Lipinski definition) is 4. The van der Waals surface area contributed by atoms with Crippen molar-refractivity contribution in [2.75, 3.05) is 29.2 Å². The van der Waals surface area contributed by atoms with Gasteiger partial charge in [-0.2, -0.15) is 0 Å². The smallest absolute Gasteiger partial charge is 0.244 e. The Morgan fingerprint density at radius 1 is 0.962 bits per heavy atom. The highest BCUT2D eigenvalue weighted by Crippen LogP contribution is 2.20. The second kappa shape index (κ2) is 8.66. The first-order valence-electron chi connectivity index (χ1n) is 7.98. The van der Waals surface area contributed by atoms with E-state index < -0.39 is 0 Å². The van der Waals surface area contributed by atoms with Crippen molar-refractivity contribution >= 4 is 34.8 Å². The topological polar surface area (TPSA) is 87.7 Å². The van der Waals surface area contributed by atoms with Gasteiger partial charge < -0.3 is 20.3 Å². The van der Waals surface area contributed by atoms with Crippen molar-refractivity contribution in [1.29, 1.82) is 0 Å². The zero-order valence-corrected chi connectivity index (χ0v) is 14.9. The molecule has 0 fully saturated rings. The summed E-state index contributed by atoms with van der Waals surface area (Å²) in [6, 6.07) is 13.7. The Kier molecular flexibility index (Phi) is 6.32. The maximum absolute atomic E-state index is 12.3. The molecule has 2 aromatic rings. The zero-order valence-electron chi connectivity index (χ0n) is 14.9. The van der Waals surface area contributed by atoms with Gasteiger partial charge >= 0.3 is 0 Å². The van der Waals surface area contributed by atoms with Crippen LogP contribution in [-0.2, 0) is 14.4 Å². The van der Waals surface area contributed by atoms with E-state index in [9.17, 15) is 14.4 Å². The summed E-state index contributed by atoms with van der Waals surface area (Å²) < 4.78 is 5.10. The van der Waals surface area contributed by atoms with E-state index in [1.165, 1.54) is 18.7 Å². The molecular formula is C19H21N3O4. The van der Waals surface area contributed by atoms with Gasteiger partial charge in [0, 0.05) is 30.9 Å². The molecule has 0 heterocycles. The van der Waals surface area contributed by atoms with Gasteiger partial charge in [0.05, 0.1) is 7.11 Å². The van der Waals surface area contributed by atoms with Gasteiger partial charge in [0.25, 0.3) is 0 Å². The van der Waals surface area contributed by atoms with Gasteiger partial charge in [-0.15, -0.1) is 0 Å². The molecule has 7 heteroatoms. The number of amides is 3. The van der Waals surface area contributed by atoms with Crippen molar-refractivity contribution in [2.45, 2.75) is 13.8 Å². The minimum Gasteiger partial charge on any atom is -0.497 e. The molecule has 3 amide bonds. The van der Waals surface area contributed by atoms with Gasteiger partial charge in [0.1, 0.15) is 12.3 Å². The quantitative estimate of drug-likeness (QED) is 0.834. The average molecular weight is 355 g/mol. The number of nitrogens with zero attached hydrogens (tertiary/aromatic N) is 1. The van der Waals surface area contributed by atoms with Crippen molar-refractivity contribution in [2.24, 2.45) is 0 Å². The first kappa shape index (κ1) is 19.0. The lowest BCUT2D eigenvalue weighted by molar-refractivity contribution is -0.120. The van der Waals surface area contributed by atoms with Gasteiger partial charge in [-0.25, -0.2) is 0 Å². The Balaban J connectivity index is 2.08. The van der Waals surface area contributed by atoms with Gasteiger partial charge in [0.15, 0.2) is 0 Å². The van der Waals surface area contributed by atoms with E-state index >= 15 is 0 Å². The largest absolute Gasteiger partial charge is 0.497 e. The van der Waals surface area contributed by atoms with E-state index in [-0.39, 0.29) is 24.3 Å². The van der Waals surface area contributed by atoms with Crippen LogP contribution in [0.3, 0.4) is 0 Å². The number of carbonyl (C=O) groups is 3. The summed E-state index contributed by atoms with van der Waals surface area (Å²) in [7, 11) is 1.56. The molecule has 0 aliphatic heterocycles. The minimum atomic E-state index is -0.351. The van der Waals surface area contributed by atoms with Crippen LogP contribution in [0.5, 0.6) is 5.75 Å². The Morgan fingerprint density at radius 3 is 2.12 bits per heavy atom. The van der Waals surface area contributed by atoms with Crippen LogP contribution in [-0.4, -0.2) is 31.4 Å². The Labute approximate surface area is 152 Å². The molecule has 2 aromatic carbocycles. The summed E-state index contributed by atoms with van der Waals surface area (Å²) in [6.07, 6.45) is 0. The standard InChI is InChI=1S/C19H21N3O4/c1-13(23)20-15-5-4-6-16(11-15)21-19(25)12-22(14(2)24)17-7-9-18(26-3)10-8-17/h4-11H,12H2,1-3H3,(H,20,23)(H,21,25). The molecule has 0 aliphatic rings. The summed E-state index contributed by atoms with van der Waals surface area (Å²) in [5, 5.41) is 5.37. The lowest BCUT2D eigenvalue weighted by atomic mass is 10.2. The fourth-order valence-corrected chi connectivity index (χ4v) is 2.37. The van der Waals surface area contributed by atoms with Crippen molar-refractivity contribution in [3.8, 4) is 5.75 Å². The van der Waals surface area contributed by atoms with Crippen molar-refractivity contribution in [1.82, 2.24) is 0 Å². The van der Waals surface area contributed by atoms with Crippen LogP contribution in [0.2, 0.25) is 0 Å². The third kappa shape index (κ3) is 5.34. The first-order valence-corrected chi connectivity index (χ1v) is 7.98. The monoisotopic (exact) mass is 355 g/mol. The van der Waals surface area contributed by atoms with Crippen molar-refractivity contribution in [3.63, 3.8) is 0 Å². The van der Waals surface area contributed by atoms with E-state index in [0.29, 0.717) is 22.8 Å². The lowest BCUT2D eigenvalue weighted by Gasteiger charge is -2.21. The molecule has 0 bridgehead atoms. The van der Waals surface area contributed by atoms with Gasteiger partial charge in [0.2, 0.25) is 17.7 Å². The molecule has 2 rings (SSSR count). The molecule has 0 unspecified atom stereocenters. The molecule has 2 N–H and O–H groups in total. The van der Waals surface area contributed by atoms with E-state index in [0.717, 1.165) is 0 Å². The van der Waals surface area contributed by atoms with E-state index in [2.05, 4.69) is 10.6 Å². The predicted octanol–water partition coefficient (Wildman–Crippen LogP) is 2.65. The van der Waals surface area contributed by atoms with Gasteiger partial charge in [-0.1, -0.05) is 6.07 Å². The highest BCUT2D eigenvalue weighted by atomic mass is 16.5. The second-order valence-corrected chi connectivity index (χ2v) is 5.61. The van der Waals surface area contributed by atoms with Crippen LogP contribution in [0.1, 0.15) is 13.8 Å². The molecule has 0 saturated carbocycles. The summed E-state index contributed by atoms with van der Waals surface area (Å²) in [5.74, 6) is -0.138. The summed E-state index contributed by atoms with van der Waals surface area (Å²) in [4.78, 5) is 36.8. The fourth-order valence-electron chi connectivity index (χ4n) is 2.37. The average Bonchev–Trinajstić information content (AvgIpc) is 2.59. The molecule has 7 nitrogen and oxygen atoms in total. The predicted molar refractivity (Wildman–Crippen MR) is 100 cm³/mol. The maximum atomic E-state index is 12.3. The van der Waals surface area contributed by atoms with Crippen LogP contribution in [0.4, 0.5) is 17.1 Å². The van der Waals surface area contributed by atoms with E-state index in [1.54, 1.807) is 55.6 Å². The minimum absolute atomic E-state index is 0.133. The number of hydrogen-bond donors (Lipinski definition) is 2. The van der Waals surface area contributed by atoms with Crippen LogP contribution in [0.15, 0.2) is 48.5 Å². The zero-order chi connectivity index (χ0) is 19.1. The molecule has 0 saturated heterocycles. The number of rotatable bonds is 6. The number of nitrogens with one attached hydrogen (secondary N) is 2. The number of carbonyl (C=O) groups excluding carboxylic acids is 3.